The van der Waals surface area contributed by atoms with Gasteiger partial charge >= 0.3 is 0 Å². The molecule has 36 heavy (non-hydrogen) atoms. The number of nitrogens with one attached hydrogen (secondary N) is 2. The Labute approximate surface area is 222 Å². The third kappa shape index (κ3) is 5.55. The van der Waals surface area contributed by atoms with Gasteiger partial charge in [0.1, 0.15) is 6.33 Å². The molecule has 1 aliphatic carbocycles. The maximum atomic E-state index is 12.6. The summed E-state index contributed by atoms with van der Waals surface area (Å²) in [6, 6.07) is 12.8. The molecule has 1 unspecified atom stereocenters. The van der Waals surface area contributed by atoms with E-state index in [1.807, 2.05) is 24.3 Å². The summed E-state index contributed by atoms with van der Waals surface area (Å²) in [5, 5.41) is 4.17. The topological polar surface area (TPSA) is 104 Å². The van der Waals surface area contributed by atoms with Crippen molar-refractivity contribution in [1.29, 1.82) is 0 Å². The van der Waals surface area contributed by atoms with E-state index < -0.39 is 10.0 Å². The number of piperidine rings is 1. The van der Waals surface area contributed by atoms with Crippen LogP contribution in [0.2, 0.25) is 5.02 Å². The van der Waals surface area contributed by atoms with E-state index in [4.69, 9.17) is 11.6 Å². The molecule has 2 aliphatic rings. The van der Waals surface area contributed by atoms with Crippen molar-refractivity contribution < 1.29 is 16.1 Å². The highest BCUT2D eigenvalue weighted by molar-refractivity contribution is 7.93. The second kappa shape index (κ2) is 10.6. The smallest absolute Gasteiger partial charge is 0.263 e. The van der Waals surface area contributed by atoms with Crippen LogP contribution in [0.15, 0.2) is 59.8 Å². The van der Waals surface area contributed by atoms with Gasteiger partial charge in [0.25, 0.3) is 10.0 Å². The van der Waals surface area contributed by atoms with Gasteiger partial charge in [0.15, 0.2) is 0 Å². The van der Waals surface area contributed by atoms with Crippen LogP contribution in [0, 0.1) is 0 Å². The standard InChI is InChI=1S/C25H26ClN5O3S2.2H2/c26-22-3-1-2-17-4-5-18(24(17)22)6-11-23(32)29-19-12-14-31(15-13-19)20-7-9-21(10-8-20)36(33,34)30-25-27-16-28-35-25;;/h1-5,7-10,16,18-19H,6,11-15H2,(H,29,32)(H,27,28,30);2*1H. The van der Waals surface area contributed by atoms with Crippen LogP contribution in [-0.4, -0.2) is 42.8 Å². The zero-order chi connectivity index (χ0) is 25.1. The lowest BCUT2D eigenvalue weighted by molar-refractivity contribution is -0.122. The molecule has 1 fully saturated rings. The first kappa shape index (κ1) is 24.7. The molecule has 2 aromatic carbocycles. The van der Waals surface area contributed by atoms with Crippen molar-refractivity contribution in [3.05, 3.63) is 71.0 Å². The minimum atomic E-state index is -3.70. The summed E-state index contributed by atoms with van der Waals surface area (Å²) in [7, 11) is -3.70. The molecule has 1 atom stereocenters. The lowest BCUT2D eigenvalue weighted by Gasteiger charge is -2.34. The molecule has 1 saturated heterocycles. The van der Waals surface area contributed by atoms with Gasteiger partial charge in [0.05, 0.1) is 4.90 Å². The fourth-order valence-electron chi connectivity index (χ4n) is 4.74. The molecule has 0 saturated carbocycles. The molecule has 0 bridgehead atoms. The predicted molar refractivity (Wildman–Crippen MR) is 147 cm³/mol. The number of nitrogens with zero attached hydrogens (tertiary/aromatic N) is 3. The van der Waals surface area contributed by atoms with Gasteiger partial charge in [-0.05, 0) is 60.7 Å². The van der Waals surface area contributed by atoms with E-state index in [2.05, 4.69) is 42.5 Å². The number of halogens is 1. The van der Waals surface area contributed by atoms with Gasteiger partial charge in [-0.2, -0.15) is 4.37 Å². The monoisotopic (exact) mass is 547 g/mol. The van der Waals surface area contributed by atoms with Crippen molar-refractivity contribution in [2.24, 2.45) is 0 Å². The highest BCUT2D eigenvalue weighted by Gasteiger charge is 2.24. The summed E-state index contributed by atoms with van der Waals surface area (Å²) >= 11 is 7.36. The van der Waals surface area contributed by atoms with Crippen molar-refractivity contribution in [2.45, 2.75) is 42.5 Å². The quantitative estimate of drug-likeness (QED) is 0.403. The Kier molecular flexibility index (Phi) is 7.27. The summed E-state index contributed by atoms with van der Waals surface area (Å²) in [5.74, 6) is 0.251. The number of rotatable bonds is 8. The summed E-state index contributed by atoms with van der Waals surface area (Å²) in [5.41, 5.74) is 3.22. The van der Waals surface area contributed by atoms with Crippen molar-refractivity contribution in [3.63, 3.8) is 0 Å². The van der Waals surface area contributed by atoms with E-state index in [9.17, 15) is 13.2 Å². The molecule has 0 radical (unpaired) electrons. The molecule has 192 valence electrons. The van der Waals surface area contributed by atoms with Crippen LogP contribution in [0.1, 0.15) is 45.6 Å². The molecular weight excluding hydrogens is 518 g/mol. The number of fused-ring (bicyclic) bond motifs is 1. The molecule has 8 nitrogen and oxygen atoms in total. The molecule has 2 heterocycles. The number of hydrogen-bond donors (Lipinski definition) is 2. The number of hydrogen-bond acceptors (Lipinski definition) is 7. The van der Waals surface area contributed by atoms with Gasteiger partial charge in [-0.25, -0.2) is 13.4 Å². The number of sulfonamides is 1. The molecule has 1 aromatic heterocycles. The van der Waals surface area contributed by atoms with E-state index >= 15 is 0 Å². The minimum Gasteiger partial charge on any atom is -0.371 e. The van der Waals surface area contributed by atoms with Gasteiger partial charge < -0.3 is 10.2 Å². The highest BCUT2D eigenvalue weighted by atomic mass is 35.5. The van der Waals surface area contributed by atoms with Crippen molar-refractivity contribution in [1.82, 2.24) is 14.7 Å². The number of carbonyl (C=O) groups excluding carboxylic acids is 1. The van der Waals surface area contributed by atoms with Gasteiger partial charge in [-0.15, -0.1) is 0 Å². The molecule has 2 N–H and O–H groups in total. The van der Waals surface area contributed by atoms with Crippen molar-refractivity contribution in [2.75, 3.05) is 22.7 Å². The Morgan fingerprint density at radius 1 is 1.17 bits per heavy atom. The Bertz CT molecular complexity index is 1360. The number of aromatic nitrogens is 2. The summed E-state index contributed by atoms with van der Waals surface area (Å²) < 4.78 is 31.3. The maximum Gasteiger partial charge on any atom is 0.263 e. The lowest BCUT2D eigenvalue weighted by Crippen LogP contribution is -2.44. The van der Waals surface area contributed by atoms with Crippen molar-refractivity contribution >= 4 is 56.0 Å². The molecule has 1 amide bonds. The summed E-state index contributed by atoms with van der Waals surface area (Å²) in [6.45, 7) is 1.57. The van der Waals surface area contributed by atoms with E-state index in [1.54, 1.807) is 12.1 Å². The average Bonchev–Trinajstić information content (AvgIpc) is 3.53. The Balaban J connectivity index is 0.00000200. The van der Waals surface area contributed by atoms with Gasteiger partial charge in [-0.3, -0.25) is 9.52 Å². The average molecular weight is 548 g/mol. The van der Waals surface area contributed by atoms with E-state index in [-0.39, 0.29) is 30.7 Å². The number of allylic oxidation sites excluding steroid dienone is 1. The molecule has 11 heteroatoms. The second-order valence-corrected chi connectivity index (χ2v) is 11.8. The van der Waals surface area contributed by atoms with Gasteiger partial charge in [0, 0.05) is 56.6 Å². The van der Waals surface area contributed by atoms with Crippen LogP contribution in [0.25, 0.3) is 6.08 Å². The molecule has 1 aliphatic heterocycles. The van der Waals surface area contributed by atoms with Gasteiger partial charge in [-0.1, -0.05) is 35.9 Å². The van der Waals surface area contributed by atoms with Crippen LogP contribution in [-0.2, 0) is 14.8 Å². The number of amides is 1. The van der Waals surface area contributed by atoms with E-state index in [0.29, 0.717) is 6.42 Å². The first-order valence-electron chi connectivity index (χ1n) is 11.8. The summed E-state index contributed by atoms with van der Waals surface area (Å²) in [6.07, 6.45) is 8.38. The Morgan fingerprint density at radius 2 is 1.94 bits per heavy atom. The minimum absolute atomic E-state index is 0. The zero-order valence-electron chi connectivity index (χ0n) is 19.4. The number of carbonyl (C=O) groups is 1. The fraction of sp³-hybridized carbons (Fsp3) is 0.320. The first-order chi connectivity index (χ1) is 17.4. The number of benzene rings is 2. The Morgan fingerprint density at radius 3 is 2.67 bits per heavy atom. The largest absolute Gasteiger partial charge is 0.371 e. The van der Waals surface area contributed by atoms with Crippen LogP contribution in [0.4, 0.5) is 10.8 Å². The third-order valence-electron chi connectivity index (χ3n) is 6.60. The third-order valence-corrected chi connectivity index (χ3v) is 9.00. The van der Waals surface area contributed by atoms with E-state index in [0.717, 1.165) is 65.7 Å². The summed E-state index contributed by atoms with van der Waals surface area (Å²) in [4.78, 5) is 18.8. The fourth-order valence-corrected chi connectivity index (χ4v) is 6.73. The first-order valence-corrected chi connectivity index (χ1v) is 14.4. The Hall–Kier alpha value is -2.95. The van der Waals surface area contributed by atoms with Crippen LogP contribution < -0.4 is 14.9 Å². The molecular formula is C25H30ClN5O3S2. The van der Waals surface area contributed by atoms with Crippen molar-refractivity contribution in [3.8, 4) is 0 Å². The number of anilines is 2. The maximum absolute atomic E-state index is 12.6. The second-order valence-electron chi connectivity index (χ2n) is 8.92. The highest BCUT2D eigenvalue weighted by Crippen LogP contribution is 2.38. The zero-order valence-corrected chi connectivity index (χ0v) is 21.8. The normalized spacial score (nSPS) is 17.7. The van der Waals surface area contributed by atoms with Crippen LogP contribution in [0.5, 0.6) is 0 Å². The SMILES string of the molecule is O=C(CCC1C=Cc2cccc(Cl)c21)NC1CCN(c2ccc(S(=O)(=O)Nc3ncns3)cc2)CC1.[HH].[HH]. The van der Waals surface area contributed by atoms with Gasteiger partial charge in [0.2, 0.25) is 11.0 Å². The van der Waals surface area contributed by atoms with Crippen LogP contribution >= 0.6 is 23.1 Å². The molecule has 3 aromatic rings. The molecule has 0 spiro atoms. The lowest BCUT2D eigenvalue weighted by atomic mass is 9.95. The predicted octanol–water partition coefficient (Wildman–Crippen LogP) is 5.16. The van der Waals surface area contributed by atoms with E-state index in [1.165, 1.54) is 6.33 Å². The molecule has 5 rings (SSSR count). The van der Waals surface area contributed by atoms with Crippen LogP contribution in [0.3, 0.4) is 0 Å².